The number of carbonyl (C=O) groups excluding carboxylic acids is 1. The molecular weight excluding hydrogens is 320 g/mol. The molecule has 1 aromatic heterocycles. The molecular formula is C19H22N2O4. The van der Waals surface area contributed by atoms with Gasteiger partial charge in [0, 0.05) is 19.2 Å². The Morgan fingerprint density at radius 2 is 2.04 bits per heavy atom. The van der Waals surface area contributed by atoms with E-state index in [9.17, 15) is 9.59 Å². The van der Waals surface area contributed by atoms with Crippen molar-refractivity contribution in [3.05, 3.63) is 64.6 Å². The summed E-state index contributed by atoms with van der Waals surface area (Å²) in [4.78, 5) is 28.5. The van der Waals surface area contributed by atoms with Gasteiger partial charge < -0.3 is 19.4 Å². The molecule has 3 rings (SSSR count). The van der Waals surface area contributed by atoms with E-state index in [1.807, 2.05) is 30.3 Å². The van der Waals surface area contributed by atoms with Gasteiger partial charge in [-0.15, -0.1) is 0 Å². The van der Waals surface area contributed by atoms with Crippen LogP contribution in [0.15, 0.2) is 53.3 Å². The molecule has 1 N–H and O–H groups in total. The fourth-order valence-electron chi connectivity index (χ4n) is 2.84. The monoisotopic (exact) mass is 342 g/mol. The van der Waals surface area contributed by atoms with E-state index < -0.39 is 0 Å². The summed E-state index contributed by atoms with van der Waals surface area (Å²) in [5, 5.41) is 0. The number of carbonyl (C=O) groups is 1. The third-order valence-corrected chi connectivity index (χ3v) is 4.11. The van der Waals surface area contributed by atoms with Crippen LogP contribution in [0.5, 0.6) is 5.75 Å². The summed E-state index contributed by atoms with van der Waals surface area (Å²) < 4.78 is 11.4. The van der Waals surface area contributed by atoms with Gasteiger partial charge in [-0.25, -0.2) is 0 Å². The van der Waals surface area contributed by atoms with Gasteiger partial charge in [0.05, 0.1) is 12.6 Å². The second kappa shape index (κ2) is 8.48. The van der Waals surface area contributed by atoms with Gasteiger partial charge in [-0.05, 0) is 31.0 Å². The molecule has 0 spiro atoms. The number of benzene rings is 1. The van der Waals surface area contributed by atoms with E-state index in [4.69, 9.17) is 9.47 Å². The van der Waals surface area contributed by atoms with Crippen LogP contribution in [0.4, 0.5) is 0 Å². The van der Waals surface area contributed by atoms with E-state index in [0.29, 0.717) is 19.7 Å². The van der Waals surface area contributed by atoms with E-state index in [2.05, 4.69) is 4.98 Å². The summed E-state index contributed by atoms with van der Waals surface area (Å²) in [6.45, 7) is 2.02. The van der Waals surface area contributed by atoms with Crippen LogP contribution in [0.3, 0.4) is 0 Å². The van der Waals surface area contributed by atoms with E-state index in [1.165, 1.54) is 6.07 Å². The largest absolute Gasteiger partial charge is 0.492 e. The first-order valence-electron chi connectivity index (χ1n) is 8.50. The molecule has 2 heterocycles. The number of nitrogens with zero attached hydrogens (tertiary/aromatic N) is 1. The first-order valence-corrected chi connectivity index (χ1v) is 8.50. The van der Waals surface area contributed by atoms with Crippen molar-refractivity contribution in [2.45, 2.75) is 18.9 Å². The lowest BCUT2D eigenvalue weighted by molar-refractivity contribution is 0.0489. The fraction of sp³-hybridized carbons (Fsp3) is 0.368. The number of amides is 1. The average molecular weight is 342 g/mol. The van der Waals surface area contributed by atoms with Crippen LogP contribution in [0, 0.1) is 0 Å². The molecule has 1 aliphatic heterocycles. The van der Waals surface area contributed by atoms with Crippen molar-refractivity contribution in [3.8, 4) is 5.75 Å². The Morgan fingerprint density at radius 3 is 2.76 bits per heavy atom. The van der Waals surface area contributed by atoms with Crippen molar-refractivity contribution >= 4 is 5.91 Å². The minimum atomic E-state index is -0.288. The van der Waals surface area contributed by atoms with Gasteiger partial charge in [-0.2, -0.15) is 0 Å². The molecule has 0 saturated carbocycles. The zero-order valence-electron chi connectivity index (χ0n) is 14.0. The van der Waals surface area contributed by atoms with Gasteiger partial charge in [-0.3, -0.25) is 9.59 Å². The van der Waals surface area contributed by atoms with Gasteiger partial charge in [0.1, 0.15) is 18.1 Å². The molecule has 1 amide bonds. The Labute approximate surface area is 146 Å². The molecule has 1 atom stereocenters. The molecule has 2 aromatic rings. The summed E-state index contributed by atoms with van der Waals surface area (Å²) in [5.74, 6) is 0.546. The quantitative estimate of drug-likeness (QED) is 0.836. The summed E-state index contributed by atoms with van der Waals surface area (Å²) in [7, 11) is 0. The normalized spacial score (nSPS) is 16.6. The molecule has 1 aliphatic rings. The number of aromatic amines is 1. The lowest BCUT2D eigenvalue weighted by atomic mass is 10.2. The number of nitrogens with one attached hydrogen (secondary N) is 1. The zero-order chi connectivity index (χ0) is 17.5. The molecule has 1 unspecified atom stereocenters. The Morgan fingerprint density at radius 1 is 1.20 bits per heavy atom. The second-order valence-electron chi connectivity index (χ2n) is 5.98. The topological polar surface area (TPSA) is 71.6 Å². The molecule has 25 heavy (non-hydrogen) atoms. The lowest BCUT2D eigenvalue weighted by Crippen LogP contribution is -2.40. The molecule has 1 saturated heterocycles. The highest BCUT2D eigenvalue weighted by molar-refractivity contribution is 5.92. The highest BCUT2D eigenvalue weighted by atomic mass is 16.5. The molecule has 1 aromatic carbocycles. The van der Waals surface area contributed by atoms with Crippen LogP contribution < -0.4 is 10.3 Å². The standard InChI is InChI=1S/C19H22N2O4/c22-18-10-4-9-17(20-18)19(23)21(14-16-8-5-12-24-16)11-13-25-15-6-2-1-3-7-15/h1-4,6-7,9-10,16H,5,8,11-14H2,(H,20,22). The third-order valence-electron chi connectivity index (χ3n) is 4.11. The van der Waals surface area contributed by atoms with Gasteiger partial charge >= 0.3 is 0 Å². The highest BCUT2D eigenvalue weighted by Gasteiger charge is 2.23. The number of ether oxygens (including phenoxy) is 2. The smallest absolute Gasteiger partial charge is 0.270 e. The van der Waals surface area contributed by atoms with Gasteiger partial charge in [0.25, 0.3) is 5.91 Å². The number of hydrogen-bond acceptors (Lipinski definition) is 4. The number of pyridine rings is 1. The van der Waals surface area contributed by atoms with Crippen molar-refractivity contribution in [1.82, 2.24) is 9.88 Å². The molecule has 132 valence electrons. The molecule has 1 fully saturated rings. The van der Waals surface area contributed by atoms with E-state index >= 15 is 0 Å². The summed E-state index contributed by atoms with van der Waals surface area (Å²) >= 11 is 0. The molecule has 0 radical (unpaired) electrons. The maximum atomic E-state index is 12.8. The molecule has 6 nitrogen and oxygen atoms in total. The fourth-order valence-corrected chi connectivity index (χ4v) is 2.84. The van der Waals surface area contributed by atoms with Crippen LogP contribution in [-0.4, -0.2) is 48.2 Å². The Bertz CT molecular complexity index is 738. The highest BCUT2D eigenvalue weighted by Crippen LogP contribution is 2.15. The predicted octanol–water partition coefficient (Wildman–Crippen LogP) is 2.08. The summed E-state index contributed by atoms with van der Waals surface area (Å²) in [6.07, 6.45) is 1.99. The van der Waals surface area contributed by atoms with Gasteiger partial charge in [0.15, 0.2) is 0 Å². The van der Waals surface area contributed by atoms with Gasteiger partial charge in [-0.1, -0.05) is 24.3 Å². The summed E-state index contributed by atoms with van der Waals surface area (Å²) in [6, 6.07) is 14.1. The van der Waals surface area contributed by atoms with Crippen LogP contribution >= 0.6 is 0 Å². The minimum absolute atomic E-state index is 0.0381. The maximum absolute atomic E-state index is 12.8. The first kappa shape index (κ1) is 17.2. The Balaban J connectivity index is 1.65. The van der Waals surface area contributed by atoms with Crippen molar-refractivity contribution in [3.63, 3.8) is 0 Å². The minimum Gasteiger partial charge on any atom is -0.492 e. The van der Waals surface area contributed by atoms with Crippen molar-refractivity contribution < 1.29 is 14.3 Å². The van der Waals surface area contributed by atoms with E-state index in [1.54, 1.807) is 17.0 Å². The van der Waals surface area contributed by atoms with E-state index in [0.717, 1.165) is 25.2 Å². The van der Waals surface area contributed by atoms with Crippen LogP contribution in [0.25, 0.3) is 0 Å². The SMILES string of the molecule is O=C(c1cccc(=O)[nH]1)N(CCOc1ccccc1)CC1CCCO1. The van der Waals surface area contributed by atoms with Crippen molar-refractivity contribution in [2.24, 2.45) is 0 Å². The zero-order valence-corrected chi connectivity index (χ0v) is 14.0. The van der Waals surface area contributed by atoms with Gasteiger partial charge in [0.2, 0.25) is 5.56 Å². The third kappa shape index (κ3) is 4.93. The van der Waals surface area contributed by atoms with Crippen LogP contribution in [0.2, 0.25) is 0 Å². The number of rotatable bonds is 7. The van der Waals surface area contributed by atoms with Crippen LogP contribution in [0.1, 0.15) is 23.3 Å². The van der Waals surface area contributed by atoms with Crippen molar-refractivity contribution in [2.75, 3.05) is 26.3 Å². The van der Waals surface area contributed by atoms with Crippen molar-refractivity contribution in [1.29, 1.82) is 0 Å². The number of para-hydroxylation sites is 1. The molecule has 0 bridgehead atoms. The lowest BCUT2D eigenvalue weighted by Gasteiger charge is -2.25. The maximum Gasteiger partial charge on any atom is 0.270 e. The Kier molecular flexibility index (Phi) is 5.85. The van der Waals surface area contributed by atoms with E-state index in [-0.39, 0.29) is 23.3 Å². The number of aromatic nitrogens is 1. The second-order valence-corrected chi connectivity index (χ2v) is 5.98. The molecule has 6 heteroatoms. The Hall–Kier alpha value is -2.60. The van der Waals surface area contributed by atoms with Crippen LogP contribution in [-0.2, 0) is 4.74 Å². The number of H-pyrrole nitrogens is 1. The summed E-state index contributed by atoms with van der Waals surface area (Å²) in [5.41, 5.74) is -0.00587. The number of hydrogen-bond donors (Lipinski definition) is 1. The average Bonchev–Trinajstić information content (AvgIpc) is 3.14. The predicted molar refractivity (Wildman–Crippen MR) is 93.9 cm³/mol. The first-order chi connectivity index (χ1) is 12.2. The molecule has 0 aliphatic carbocycles.